The van der Waals surface area contributed by atoms with Crippen molar-refractivity contribution < 1.29 is 0 Å². The predicted octanol–water partition coefficient (Wildman–Crippen LogP) is 0.903. The summed E-state index contributed by atoms with van der Waals surface area (Å²) in [5.74, 6) is 0. The highest BCUT2D eigenvalue weighted by molar-refractivity contribution is 5.09. The Labute approximate surface area is 85.9 Å². The number of rotatable bonds is 5. The lowest BCUT2D eigenvalue weighted by Gasteiger charge is -2.18. The molecule has 0 saturated carbocycles. The summed E-state index contributed by atoms with van der Waals surface area (Å²) in [5, 5.41) is 0. The van der Waals surface area contributed by atoms with E-state index in [0.29, 0.717) is 0 Å². The van der Waals surface area contributed by atoms with Gasteiger partial charge in [0.05, 0.1) is 0 Å². The molecule has 2 N–H and O–H groups in total. The second-order valence-corrected chi connectivity index (χ2v) is 3.84. The highest BCUT2D eigenvalue weighted by atomic mass is 15.1. The molecule has 3 heteroatoms. The standard InChI is InChI=1S/C11H19N3/c1-10(12)9-14(2)8-5-11-3-6-13-7-4-11/h3-4,6-7,10H,5,8-9,12H2,1-2H3/t10-/m1/s1. The van der Waals surface area contributed by atoms with Gasteiger partial charge in [0.2, 0.25) is 0 Å². The molecule has 1 rings (SSSR count). The molecule has 78 valence electrons. The fraction of sp³-hybridized carbons (Fsp3) is 0.545. The second-order valence-electron chi connectivity index (χ2n) is 3.84. The molecular formula is C11H19N3. The molecule has 0 radical (unpaired) electrons. The molecular weight excluding hydrogens is 174 g/mol. The van der Waals surface area contributed by atoms with E-state index in [4.69, 9.17) is 5.73 Å². The first kappa shape index (κ1) is 11.1. The van der Waals surface area contributed by atoms with Gasteiger partial charge in [-0.1, -0.05) is 0 Å². The van der Waals surface area contributed by atoms with E-state index in [1.165, 1.54) is 5.56 Å². The Bertz CT molecular complexity index is 246. The molecule has 1 aromatic heterocycles. The Hall–Kier alpha value is -0.930. The summed E-state index contributed by atoms with van der Waals surface area (Å²) in [7, 11) is 2.10. The number of pyridine rings is 1. The Morgan fingerprint density at radius 1 is 1.43 bits per heavy atom. The molecule has 0 unspecified atom stereocenters. The van der Waals surface area contributed by atoms with Gasteiger partial charge in [-0.15, -0.1) is 0 Å². The van der Waals surface area contributed by atoms with E-state index in [2.05, 4.69) is 29.1 Å². The van der Waals surface area contributed by atoms with Crippen molar-refractivity contribution in [1.82, 2.24) is 9.88 Å². The average molecular weight is 193 g/mol. The normalized spacial score (nSPS) is 13.1. The number of nitrogens with zero attached hydrogens (tertiary/aromatic N) is 2. The van der Waals surface area contributed by atoms with Crippen LogP contribution in [0.5, 0.6) is 0 Å². The lowest BCUT2D eigenvalue weighted by molar-refractivity contribution is 0.321. The van der Waals surface area contributed by atoms with E-state index in [-0.39, 0.29) is 6.04 Å². The summed E-state index contributed by atoms with van der Waals surface area (Å²) in [5.41, 5.74) is 7.04. The number of hydrogen-bond donors (Lipinski definition) is 1. The van der Waals surface area contributed by atoms with E-state index >= 15 is 0 Å². The van der Waals surface area contributed by atoms with Gasteiger partial charge >= 0.3 is 0 Å². The topological polar surface area (TPSA) is 42.1 Å². The van der Waals surface area contributed by atoms with E-state index in [1.54, 1.807) is 0 Å². The Kier molecular flexibility index (Phi) is 4.56. The van der Waals surface area contributed by atoms with Crippen molar-refractivity contribution in [2.24, 2.45) is 5.73 Å². The van der Waals surface area contributed by atoms with Crippen LogP contribution in [-0.2, 0) is 6.42 Å². The van der Waals surface area contributed by atoms with Crippen molar-refractivity contribution in [2.45, 2.75) is 19.4 Å². The van der Waals surface area contributed by atoms with Crippen LogP contribution in [0.25, 0.3) is 0 Å². The smallest absolute Gasteiger partial charge is 0.0270 e. The summed E-state index contributed by atoms with van der Waals surface area (Å²) in [6.45, 7) is 4.03. The van der Waals surface area contributed by atoms with Crippen LogP contribution in [-0.4, -0.2) is 36.1 Å². The minimum Gasteiger partial charge on any atom is -0.327 e. The quantitative estimate of drug-likeness (QED) is 0.755. The summed E-state index contributed by atoms with van der Waals surface area (Å²) < 4.78 is 0. The molecule has 0 fully saturated rings. The maximum Gasteiger partial charge on any atom is 0.0270 e. The highest BCUT2D eigenvalue weighted by Crippen LogP contribution is 1.98. The van der Waals surface area contributed by atoms with Crippen LogP contribution in [0.3, 0.4) is 0 Å². The molecule has 0 amide bonds. The van der Waals surface area contributed by atoms with Crippen LogP contribution in [0, 0.1) is 0 Å². The first-order valence-corrected chi connectivity index (χ1v) is 5.01. The molecule has 1 atom stereocenters. The van der Waals surface area contributed by atoms with E-state index in [0.717, 1.165) is 19.5 Å². The van der Waals surface area contributed by atoms with Gasteiger partial charge in [0.25, 0.3) is 0 Å². The number of nitrogens with two attached hydrogens (primary N) is 1. The van der Waals surface area contributed by atoms with E-state index in [1.807, 2.05) is 19.3 Å². The molecule has 0 aliphatic carbocycles. The third-order valence-electron chi connectivity index (χ3n) is 2.13. The van der Waals surface area contributed by atoms with Crippen LogP contribution in [0.15, 0.2) is 24.5 Å². The Morgan fingerprint density at radius 2 is 2.07 bits per heavy atom. The van der Waals surface area contributed by atoms with Gasteiger partial charge in [0, 0.05) is 31.5 Å². The van der Waals surface area contributed by atoms with E-state index in [9.17, 15) is 0 Å². The minimum absolute atomic E-state index is 0.248. The van der Waals surface area contributed by atoms with Gasteiger partial charge in [0.1, 0.15) is 0 Å². The molecule has 0 spiro atoms. The maximum absolute atomic E-state index is 5.71. The van der Waals surface area contributed by atoms with Gasteiger partial charge in [-0.05, 0) is 38.1 Å². The average Bonchev–Trinajstić information content (AvgIpc) is 2.15. The molecule has 0 aliphatic heterocycles. The fourth-order valence-electron chi connectivity index (χ4n) is 1.45. The monoisotopic (exact) mass is 193 g/mol. The van der Waals surface area contributed by atoms with Crippen LogP contribution in [0.1, 0.15) is 12.5 Å². The lowest BCUT2D eigenvalue weighted by Crippen LogP contribution is -2.34. The van der Waals surface area contributed by atoms with Crippen LogP contribution >= 0.6 is 0 Å². The van der Waals surface area contributed by atoms with Gasteiger partial charge in [-0.25, -0.2) is 0 Å². The highest BCUT2D eigenvalue weighted by Gasteiger charge is 2.01. The van der Waals surface area contributed by atoms with Gasteiger partial charge in [-0.3, -0.25) is 4.98 Å². The van der Waals surface area contributed by atoms with E-state index < -0.39 is 0 Å². The predicted molar refractivity (Wildman–Crippen MR) is 59.1 cm³/mol. The summed E-state index contributed by atoms with van der Waals surface area (Å²) in [6, 6.07) is 4.36. The fourth-order valence-corrected chi connectivity index (χ4v) is 1.45. The SMILES string of the molecule is C[C@@H](N)CN(C)CCc1ccncc1. The van der Waals surface area contributed by atoms with Gasteiger partial charge in [0.15, 0.2) is 0 Å². The molecule has 3 nitrogen and oxygen atoms in total. The minimum atomic E-state index is 0.248. The Morgan fingerprint density at radius 3 is 2.64 bits per heavy atom. The molecule has 0 saturated heterocycles. The van der Waals surface area contributed by atoms with Crippen molar-refractivity contribution in [1.29, 1.82) is 0 Å². The number of hydrogen-bond acceptors (Lipinski definition) is 3. The molecule has 14 heavy (non-hydrogen) atoms. The molecule has 0 aliphatic rings. The Balaban J connectivity index is 2.27. The van der Waals surface area contributed by atoms with Crippen LogP contribution in [0.4, 0.5) is 0 Å². The molecule has 0 aromatic carbocycles. The maximum atomic E-state index is 5.71. The largest absolute Gasteiger partial charge is 0.327 e. The number of aromatic nitrogens is 1. The lowest BCUT2D eigenvalue weighted by atomic mass is 10.2. The first-order chi connectivity index (χ1) is 6.68. The van der Waals surface area contributed by atoms with Gasteiger partial charge < -0.3 is 10.6 Å². The van der Waals surface area contributed by atoms with Crippen LogP contribution < -0.4 is 5.73 Å². The van der Waals surface area contributed by atoms with Crippen molar-refractivity contribution in [2.75, 3.05) is 20.1 Å². The summed E-state index contributed by atoms with van der Waals surface area (Å²) in [6.07, 6.45) is 4.73. The summed E-state index contributed by atoms with van der Waals surface area (Å²) >= 11 is 0. The van der Waals surface area contributed by atoms with Crippen LogP contribution in [0.2, 0.25) is 0 Å². The third kappa shape index (κ3) is 4.35. The second kappa shape index (κ2) is 5.73. The van der Waals surface area contributed by atoms with Gasteiger partial charge in [-0.2, -0.15) is 0 Å². The zero-order valence-electron chi connectivity index (χ0n) is 8.98. The molecule has 1 heterocycles. The third-order valence-corrected chi connectivity index (χ3v) is 2.13. The zero-order chi connectivity index (χ0) is 10.4. The zero-order valence-corrected chi connectivity index (χ0v) is 8.98. The van der Waals surface area contributed by atoms with Crippen molar-refractivity contribution in [3.63, 3.8) is 0 Å². The molecule has 0 bridgehead atoms. The summed E-state index contributed by atoms with van der Waals surface area (Å²) in [4.78, 5) is 6.24. The molecule has 1 aromatic rings. The van der Waals surface area contributed by atoms with Crippen molar-refractivity contribution in [3.8, 4) is 0 Å². The number of likely N-dealkylation sites (N-methyl/N-ethyl adjacent to an activating group) is 1. The van der Waals surface area contributed by atoms with Crippen molar-refractivity contribution >= 4 is 0 Å². The first-order valence-electron chi connectivity index (χ1n) is 5.01. The van der Waals surface area contributed by atoms with Crippen molar-refractivity contribution in [3.05, 3.63) is 30.1 Å².